The summed E-state index contributed by atoms with van der Waals surface area (Å²) in [4.78, 5) is 4.60. The van der Waals surface area contributed by atoms with Crippen LogP contribution in [0.25, 0.3) is 20.8 Å². The Bertz CT molecular complexity index is 871. The van der Waals surface area contributed by atoms with Crippen molar-refractivity contribution in [2.24, 2.45) is 10.2 Å². The quantitative estimate of drug-likeness (QED) is 0.562. The van der Waals surface area contributed by atoms with Crippen molar-refractivity contribution in [3.8, 4) is 10.6 Å². The zero-order chi connectivity index (χ0) is 14.1. The Balaban J connectivity index is 1.74. The van der Waals surface area contributed by atoms with Gasteiger partial charge in [0.25, 0.3) is 0 Å². The molecule has 0 amide bonds. The first-order valence-corrected chi connectivity index (χ1v) is 7.03. The molecule has 0 radical (unpaired) electrons. The first-order chi connectivity index (χ1) is 10.4. The van der Waals surface area contributed by atoms with Crippen molar-refractivity contribution in [1.82, 2.24) is 25.4 Å². The van der Waals surface area contributed by atoms with Crippen molar-refractivity contribution >= 4 is 33.2 Å². The summed E-state index contributed by atoms with van der Waals surface area (Å²) in [6.45, 7) is 0. The summed E-state index contributed by atoms with van der Waals surface area (Å²) in [7, 11) is 0. The van der Waals surface area contributed by atoms with Gasteiger partial charge in [-0.25, -0.2) is 4.98 Å². The summed E-state index contributed by atoms with van der Waals surface area (Å²) >= 11 is 1.60. The van der Waals surface area contributed by atoms with Crippen LogP contribution in [0.3, 0.4) is 0 Å². The second kappa shape index (κ2) is 4.91. The minimum Gasteiger partial charge on any atom is -0.283 e. The molecule has 0 aliphatic rings. The lowest BCUT2D eigenvalue weighted by molar-refractivity contribution is 1.03. The molecule has 0 saturated heterocycles. The fraction of sp³-hybridized carbons (Fsp3) is 0. The second-order valence-electron chi connectivity index (χ2n) is 4.24. The SMILES string of the molecule is c1ccc2sc(-c3c[nH]nc3N=Nc3cc[nH]n3)nc2c1. The Morgan fingerprint density at radius 3 is 2.81 bits per heavy atom. The van der Waals surface area contributed by atoms with Gasteiger partial charge in [-0.2, -0.15) is 10.2 Å². The summed E-state index contributed by atoms with van der Waals surface area (Å²) < 4.78 is 1.13. The number of para-hydroxylation sites is 1. The fourth-order valence-corrected chi connectivity index (χ4v) is 2.89. The maximum absolute atomic E-state index is 4.60. The number of H-pyrrole nitrogens is 2. The van der Waals surface area contributed by atoms with Crippen molar-refractivity contribution in [1.29, 1.82) is 0 Å². The van der Waals surface area contributed by atoms with E-state index >= 15 is 0 Å². The highest BCUT2D eigenvalue weighted by Gasteiger charge is 2.12. The standard InChI is InChI=1S/C13H9N7S/c1-2-4-10-9(3-1)16-13(21-10)8-7-15-19-12(8)20-18-11-5-6-14-17-11/h1-7H,(H,14,17)(H,15,19). The van der Waals surface area contributed by atoms with Crippen molar-refractivity contribution in [2.75, 3.05) is 0 Å². The molecule has 0 aliphatic heterocycles. The number of rotatable bonds is 3. The Labute approximate surface area is 122 Å². The lowest BCUT2D eigenvalue weighted by Crippen LogP contribution is -1.73. The van der Waals surface area contributed by atoms with E-state index in [9.17, 15) is 0 Å². The Morgan fingerprint density at radius 1 is 1.00 bits per heavy atom. The maximum atomic E-state index is 4.60. The number of aromatic amines is 2. The number of benzene rings is 1. The minimum absolute atomic E-state index is 0.497. The Morgan fingerprint density at radius 2 is 1.95 bits per heavy atom. The van der Waals surface area contributed by atoms with Crippen LogP contribution in [0, 0.1) is 0 Å². The predicted octanol–water partition coefficient (Wildman–Crippen LogP) is 3.82. The van der Waals surface area contributed by atoms with Gasteiger partial charge in [0.15, 0.2) is 5.82 Å². The Hall–Kier alpha value is -2.87. The van der Waals surface area contributed by atoms with Crippen LogP contribution in [0.4, 0.5) is 11.6 Å². The van der Waals surface area contributed by atoms with Crippen molar-refractivity contribution in [3.05, 3.63) is 42.7 Å². The van der Waals surface area contributed by atoms with E-state index in [1.165, 1.54) is 0 Å². The van der Waals surface area contributed by atoms with Gasteiger partial charge >= 0.3 is 0 Å². The van der Waals surface area contributed by atoms with Gasteiger partial charge in [-0.1, -0.05) is 12.1 Å². The van der Waals surface area contributed by atoms with Gasteiger partial charge in [-0.05, 0) is 12.1 Å². The topological polar surface area (TPSA) is 95.0 Å². The normalized spacial score (nSPS) is 11.6. The summed E-state index contributed by atoms with van der Waals surface area (Å²) in [6.07, 6.45) is 3.46. The van der Waals surface area contributed by atoms with E-state index in [4.69, 9.17) is 0 Å². The third kappa shape index (κ3) is 2.21. The molecule has 3 heterocycles. The van der Waals surface area contributed by atoms with Gasteiger partial charge in [0, 0.05) is 18.5 Å². The average Bonchev–Trinajstić information content (AvgIpc) is 3.24. The molecule has 0 saturated carbocycles. The lowest BCUT2D eigenvalue weighted by Gasteiger charge is -1.90. The molecule has 0 spiro atoms. The highest BCUT2D eigenvalue weighted by molar-refractivity contribution is 7.21. The monoisotopic (exact) mass is 295 g/mol. The van der Waals surface area contributed by atoms with E-state index in [0.717, 1.165) is 20.8 Å². The molecule has 0 atom stereocenters. The molecule has 3 aromatic heterocycles. The number of nitrogens with one attached hydrogen (secondary N) is 2. The number of fused-ring (bicyclic) bond motifs is 1. The highest BCUT2D eigenvalue weighted by Crippen LogP contribution is 2.34. The Kier molecular flexibility index (Phi) is 2.79. The van der Waals surface area contributed by atoms with Crippen LogP contribution in [-0.2, 0) is 0 Å². The summed E-state index contributed by atoms with van der Waals surface area (Å²) in [6, 6.07) is 9.73. The maximum Gasteiger partial charge on any atom is 0.205 e. The molecule has 0 unspecified atom stereocenters. The van der Waals surface area contributed by atoms with Crippen molar-refractivity contribution < 1.29 is 0 Å². The number of hydrogen-bond donors (Lipinski definition) is 2. The number of hydrogen-bond acceptors (Lipinski definition) is 6. The summed E-state index contributed by atoms with van der Waals surface area (Å²) in [5.41, 5.74) is 1.80. The van der Waals surface area contributed by atoms with Gasteiger partial charge in [-0.3, -0.25) is 10.2 Å². The molecule has 2 N–H and O–H groups in total. The fourth-order valence-electron chi connectivity index (χ4n) is 1.91. The average molecular weight is 295 g/mol. The van der Waals surface area contributed by atoms with E-state index < -0.39 is 0 Å². The first kappa shape index (κ1) is 11.9. The molecule has 102 valence electrons. The molecular weight excluding hydrogens is 286 g/mol. The summed E-state index contributed by atoms with van der Waals surface area (Å²) in [5, 5.41) is 22.5. The van der Waals surface area contributed by atoms with Crippen LogP contribution in [0.1, 0.15) is 0 Å². The van der Waals surface area contributed by atoms with Crippen LogP contribution in [0.15, 0.2) is 53.0 Å². The van der Waals surface area contributed by atoms with Crippen molar-refractivity contribution in [2.45, 2.75) is 0 Å². The first-order valence-electron chi connectivity index (χ1n) is 6.21. The molecule has 7 nitrogen and oxygen atoms in total. The smallest absolute Gasteiger partial charge is 0.205 e. The lowest BCUT2D eigenvalue weighted by atomic mass is 10.3. The zero-order valence-corrected chi connectivity index (χ0v) is 11.5. The molecule has 4 rings (SSSR count). The number of thiazole rings is 1. The molecule has 0 fully saturated rings. The molecule has 21 heavy (non-hydrogen) atoms. The van der Waals surface area contributed by atoms with E-state index in [2.05, 4.69) is 35.6 Å². The molecule has 0 bridgehead atoms. The zero-order valence-electron chi connectivity index (χ0n) is 10.7. The van der Waals surface area contributed by atoms with Crippen LogP contribution < -0.4 is 0 Å². The van der Waals surface area contributed by atoms with Crippen LogP contribution in [-0.4, -0.2) is 25.4 Å². The number of azo groups is 1. The molecule has 1 aromatic carbocycles. The third-order valence-corrected chi connectivity index (χ3v) is 3.95. The summed E-state index contributed by atoms with van der Waals surface area (Å²) in [5.74, 6) is 1.00. The van der Waals surface area contributed by atoms with Gasteiger partial charge in [-0.15, -0.1) is 21.6 Å². The highest BCUT2D eigenvalue weighted by atomic mass is 32.1. The molecule has 8 heteroatoms. The van der Waals surface area contributed by atoms with Crippen molar-refractivity contribution in [3.63, 3.8) is 0 Å². The van der Waals surface area contributed by atoms with E-state index in [1.807, 2.05) is 24.3 Å². The van der Waals surface area contributed by atoms with Gasteiger partial charge < -0.3 is 0 Å². The van der Waals surface area contributed by atoms with Crippen LogP contribution >= 0.6 is 11.3 Å². The van der Waals surface area contributed by atoms with E-state index in [0.29, 0.717) is 11.6 Å². The third-order valence-electron chi connectivity index (χ3n) is 2.88. The second-order valence-corrected chi connectivity index (χ2v) is 5.27. The predicted molar refractivity (Wildman–Crippen MR) is 80.0 cm³/mol. The molecular formula is C13H9N7S. The molecule has 0 aliphatic carbocycles. The van der Waals surface area contributed by atoms with Gasteiger partial charge in [0.1, 0.15) is 5.01 Å². The minimum atomic E-state index is 0.497. The number of aromatic nitrogens is 5. The van der Waals surface area contributed by atoms with Gasteiger partial charge in [0.2, 0.25) is 5.82 Å². The largest absolute Gasteiger partial charge is 0.283 e. The number of nitrogens with zero attached hydrogens (tertiary/aromatic N) is 5. The van der Waals surface area contributed by atoms with Crippen LogP contribution in [0.5, 0.6) is 0 Å². The van der Waals surface area contributed by atoms with Gasteiger partial charge in [0.05, 0.1) is 15.8 Å². The van der Waals surface area contributed by atoms with E-state index in [-0.39, 0.29) is 0 Å². The molecule has 4 aromatic rings. The van der Waals surface area contributed by atoms with E-state index in [1.54, 1.807) is 29.8 Å². The van der Waals surface area contributed by atoms with Crippen LogP contribution in [0.2, 0.25) is 0 Å².